The van der Waals surface area contributed by atoms with Gasteiger partial charge in [0.2, 0.25) is 0 Å². The molecule has 1 N–H and O–H groups in total. The highest BCUT2D eigenvalue weighted by Crippen LogP contribution is 2.18. The Morgan fingerprint density at radius 3 is 2.28 bits per heavy atom. The van der Waals surface area contributed by atoms with Crippen LogP contribution in [0, 0.1) is 5.92 Å². The van der Waals surface area contributed by atoms with Gasteiger partial charge in [-0.2, -0.15) is 0 Å². The first-order chi connectivity index (χ1) is 8.52. The summed E-state index contributed by atoms with van der Waals surface area (Å²) in [6.07, 6.45) is -0.440. The minimum Gasteiger partial charge on any atom is -0.494 e. The molecule has 1 aromatic carbocycles. The fourth-order valence-electron chi connectivity index (χ4n) is 2.05. The van der Waals surface area contributed by atoms with Crippen molar-refractivity contribution in [2.75, 3.05) is 26.7 Å². The van der Waals surface area contributed by atoms with Gasteiger partial charge in [0, 0.05) is 13.1 Å². The first kappa shape index (κ1) is 15.0. The van der Waals surface area contributed by atoms with Crippen molar-refractivity contribution >= 4 is 0 Å². The Morgan fingerprint density at radius 1 is 1.17 bits per heavy atom. The molecule has 0 radical (unpaired) electrons. The normalized spacial score (nSPS) is 13.1. The monoisotopic (exact) mass is 251 g/mol. The van der Waals surface area contributed by atoms with Crippen LogP contribution in [0.5, 0.6) is 5.75 Å². The molecule has 0 bridgehead atoms. The molecule has 1 rings (SSSR count). The third-order valence-electron chi connectivity index (χ3n) is 2.74. The topological polar surface area (TPSA) is 32.7 Å². The second-order valence-electron chi connectivity index (χ2n) is 5.13. The second-order valence-corrected chi connectivity index (χ2v) is 5.13. The minimum absolute atomic E-state index is 0.440. The molecule has 1 atom stereocenters. The summed E-state index contributed by atoms with van der Waals surface area (Å²) in [6.45, 7) is 8.64. The smallest absolute Gasteiger partial charge is 0.119 e. The predicted octanol–water partition coefficient (Wildman–Crippen LogP) is 2.71. The van der Waals surface area contributed by atoms with E-state index in [0.717, 1.165) is 17.9 Å². The molecule has 0 saturated carbocycles. The number of nitrogens with zero attached hydrogens (tertiary/aromatic N) is 1. The highest BCUT2D eigenvalue weighted by Gasteiger charge is 2.11. The molecule has 1 aromatic rings. The summed E-state index contributed by atoms with van der Waals surface area (Å²) >= 11 is 0. The fraction of sp³-hybridized carbons (Fsp3) is 0.600. The number of likely N-dealkylation sites (N-methyl/N-ethyl adjacent to an activating group) is 1. The number of benzene rings is 1. The van der Waals surface area contributed by atoms with Crippen LogP contribution in [0.1, 0.15) is 32.4 Å². The van der Waals surface area contributed by atoms with E-state index in [1.165, 1.54) is 0 Å². The molecule has 3 heteroatoms. The van der Waals surface area contributed by atoms with Crippen molar-refractivity contribution in [3.63, 3.8) is 0 Å². The van der Waals surface area contributed by atoms with Crippen LogP contribution in [-0.4, -0.2) is 36.8 Å². The summed E-state index contributed by atoms with van der Waals surface area (Å²) in [4.78, 5) is 2.16. The van der Waals surface area contributed by atoms with Crippen LogP contribution in [0.2, 0.25) is 0 Å². The van der Waals surface area contributed by atoms with Crippen molar-refractivity contribution in [1.29, 1.82) is 0 Å². The van der Waals surface area contributed by atoms with Gasteiger partial charge in [0.25, 0.3) is 0 Å². The van der Waals surface area contributed by atoms with E-state index in [1.54, 1.807) is 0 Å². The highest BCUT2D eigenvalue weighted by atomic mass is 16.5. The zero-order valence-corrected chi connectivity index (χ0v) is 11.9. The summed E-state index contributed by atoms with van der Waals surface area (Å²) in [7, 11) is 2.04. The van der Waals surface area contributed by atoms with Crippen LogP contribution in [0.15, 0.2) is 24.3 Å². The lowest BCUT2D eigenvalue weighted by Gasteiger charge is -2.22. The van der Waals surface area contributed by atoms with Crippen LogP contribution >= 0.6 is 0 Å². The molecule has 0 spiro atoms. The zero-order chi connectivity index (χ0) is 13.5. The molecule has 0 aliphatic rings. The molecule has 0 aliphatic heterocycles. The van der Waals surface area contributed by atoms with Crippen molar-refractivity contribution in [3.05, 3.63) is 29.8 Å². The molecule has 0 fully saturated rings. The summed E-state index contributed by atoms with van der Waals surface area (Å²) < 4.78 is 5.38. The van der Waals surface area contributed by atoms with Crippen molar-refractivity contribution in [2.24, 2.45) is 5.92 Å². The van der Waals surface area contributed by atoms with Gasteiger partial charge in [-0.1, -0.05) is 26.0 Å². The molecular formula is C15H25NO2. The first-order valence-electron chi connectivity index (χ1n) is 6.62. The van der Waals surface area contributed by atoms with Crippen molar-refractivity contribution in [1.82, 2.24) is 4.90 Å². The van der Waals surface area contributed by atoms with E-state index < -0.39 is 6.10 Å². The molecule has 102 valence electrons. The molecule has 0 saturated heterocycles. The SMILES string of the molecule is CCOc1ccc(C(O)CN(C)CC(C)C)cc1. The van der Waals surface area contributed by atoms with Gasteiger partial charge in [-0.3, -0.25) is 0 Å². The van der Waals surface area contributed by atoms with E-state index >= 15 is 0 Å². The van der Waals surface area contributed by atoms with E-state index in [1.807, 2.05) is 38.2 Å². The molecule has 18 heavy (non-hydrogen) atoms. The minimum atomic E-state index is -0.440. The van der Waals surface area contributed by atoms with Crippen molar-refractivity contribution in [2.45, 2.75) is 26.9 Å². The average Bonchev–Trinajstić information content (AvgIpc) is 2.29. The number of hydrogen-bond donors (Lipinski definition) is 1. The maximum atomic E-state index is 10.1. The van der Waals surface area contributed by atoms with Gasteiger partial charge in [0.1, 0.15) is 5.75 Å². The largest absolute Gasteiger partial charge is 0.494 e. The predicted molar refractivity (Wildman–Crippen MR) is 74.9 cm³/mol. The summed E-state index contributed by atoms with van der Waals surface area (Å²) in [6, 6.07) is 7.67. The van der Waals surface area contributed by atoms with E-state index in [9.17, 15) is 5.11 Å². The molecule has 1 unspecified atom stereocenters. The number of hydrogen-bond acceptors (Lipinski definition) is 3. The van der Waals surface area contributed by atoms with E-state index in [0.29, 0.717) is 19.1 Å². The molecule has 0 heterocycles. The lowest BCUT2D eigenvalue weighted by atomic mass is 10.1. The Kier molecular flexibility index (Phi) is 6.16. The Balaban J connectivity index is 2.52. The molecule has 0 amide bonds. The Labute approximate surface area is 110 Å². The first-order valence-corrected chi connectivity index (χ1v) is 6.62. The summed E-state index contributed by atoms with van der Waals surface area (Å²) in [5.74, 6) is 1.46. The Bertz CT molecular complexity index is 335. The quantitative estimate of drug-likeness (QED) is 0.808. The van der Waals surface area contributed by atoms with E-state index in [4.69, 9.17) is 4.74 Å². The average molecular weight is 251 g/mol. The fourth-order valence-corrected chi connectivity index (χ4v) is 2.05. The lowest BCUT2D eigenvalue weighted by Crippen LogP contribution is -2.28. The van der Waals surface area contributed by atoms with Crippen LogP contribution in [0.3, 0.4) is 0 Å². The molecule has 3 nitrogen and oxygen atoms in total. The number of ether oxygens (including phenoxy) is 1. The van der Waals surface area contributed by atoms with Gasteiger partial charge in [0.15, 0.2) is 0 Å². The third-order valence-corrected chi connectivity index (χ3v) is 2.74. The molecule has 0 aromatic heterocycles. The van der Waals surface area contributed by atoms with E-state index in [2.05, 4.69) is 18.7 Å². The number of aliphatic hydroxyl groups is 1. The van der Waals surface area contributed by atoms with E-state index in [-0.39, 0.29) is 0 Å². The van der Waals surface area contributed by atoms with Crippen LogP contribution in [-0.2, 0) is 0 Å². The second kappa shape index (κ2) is 7.39. The highest BCUT2D eigenvalue weighted by molar-refractivity contribution is 5.28. The zero-order valence-electron chi connectivity index (χ0n) is 11.9. The van der Waals surface area contributed by atoms with Crippen LogP contribution in [0.4, 0.5) is 0 Å². The Hall–Kier alpha value is -1.06. The van der Waals surface area contributed by atoms with Crippen molar-refractivity contribution in [3.8, 4) is 5.75 Å². The van der Waals surface area contributed by atoms with Crippen molar-refractivity contribution < 1.29 is 9.84 Å². The lowest BCUT2D eigenvalue weighted by molar-refractivity contribution is 0.121. The van der Waals surface area contributed by atoms with Gasteiger partial charge in [0.05, 0.1) is 12.7 Å². The van der Waals surface area contributed by atoms with Crippen LogP contribution in [0.25, 0.3) is 0 Å². The third kappa shape index (κ3) is 5.07. The van der Waals surface area contributed by atoms with Gasteiger partial charge in [-0.25, -0.2) is 0 Å². The van der Waals surface area contributed by atoms with Gasteiger partial charge < -0.3 is 14.7 Å². The maximum absolute atomic E-state index is 10.1. The van der Waals surface area contributed by atoms with Crippen LogP contribution < -0.4 is 4.74 Å². The summed E-state index contributed by atoms with van der Waals surface area (Å²) in [5.41, 5.74) is 0.939. The molecular weight excluding hydrogens is 226 g/mol. The Morgan fingerprint density at radius 2 is 1.78 bits per heavy atom. The maximum Gasteiger partial charge on any atom is 0.119 e. The van der Waals surface area contributed by atoms with Gasteiger partial charge in [-0.15, -0.1) is 0 Å². The van der Waals surface area contributed by atoms with Gasteiger partial charge >= 0.3 is 0 Å². The summed E-state index contributed by atoms with van der Waals surface area (Å²) in [5, 5.41) is 10.1. The number of aliphatic hydroxyl groups excluding tert-OH is 1. The number of rotatable bonds is 7. The standard InChI is InChI=1S/C15H25NO2/c1-5-18-14-8-6-13(7-9-14)15(17)11-16(4)10-12(2)3/h6-9,12,15,17H,5,10-11H2,1-4H3. The molecule has 0 aliphatic carbocycles. The van der Waals surface area contributed by atoms with Gasteiger partial charge in [-0.05, 0) is 37.6 Å².